The minimum absolute atomic E-state index is 0.0488. The summed E-state index contributed by atoms with van der Waals surface area (Å²) in [4.78, 5) is 25.0. The molecular weight excluding hydrogens is 608 g/mol. The molecule has 0 aromatic carbocycles. The molecule has 0 bridgehead atoms. The van der Waals surface area contributed by atoms with E-state index in [1.165, 1.54) is 25.7 Å². The lowest BCUT2D eigenvalue weighted by molar-refractivity contribution is -0.158. The lowest BCUT2D eigenvalue weighted by atomic mass is 9.77. The van der Waals surface area contributed by atoms with Gasteiger partial charge in [0.05, 0.1) is 43.0 Å². The van der Waals surface area contributed by atoms with Gasteiger partial charge in [-0.15, -0.1) is 0 Å². The zero-order valence-electron chi connectivity index (χ0n) is 31.1. The molecule has 0 amide bonds. The molecule has 8 heteroatoms. The summed E-state index contributed by atoms with van der Waals surface area (Å²) in [5, 5.41) is 0. The Bertz CT molecular complexity index is 820. The van der Waals surface area contributed by atoms with Gasteiger partial charge < -0.3 is 28.4 Å². The molecule has 0 radical (unpaired) electrons. The molecule has 0 N–H and O–H groups in total. The summed E-state index contributed by atoms with van der Waals surface area (Å²) >= 11 is 0. The molecule has 0 aromatic heterocycles. The van der Waals surface area contributed by atoms with Crippen molar-refractivity contribution in [3.8, 4) is 0 Å². The van der Waals surface area contributed by atoms with Crippen molar-refractivity contribution >= 4 is 11.8 Å². The zero-order chi connectivity index (χ0) is 34.2. The van der Waals surface area contributed by atoms with Crippen molar-refractivity contribution in [3.05, 3.63) is 0 Å². The number of rotatable bonds is 26. The molecule has 0 aliphatic heterocycles. The smallest absolute Gasteiger partial charge is 0.311 e. The topological polar surface area (TPSA) is 89.5 Å². The van der Waals surface area contributed by atoms with Crippen LogP contribution < -0.4 is 0 Å². The fraction of sp³-hybridized carbons (Fsp3) is 0.950. The van der Waals surface area contributed by atoms with Crippen LogP contribution in [0.2, 0.25) is 0 Å². The van der Waals surface area contributed by atoms with E-state index in [0.29, 0.717) is 44.1 Å². The maximum absolute atomic E-state index is 13.0. The molecule has 8 nitrogen and oxygen atoms in total. The Morgan fingerprint density at radius 3 is 1.54 bits per heavy atom. The van der Waals surface area contributed by atoms with Crippen molar-refractivity contribution in [1.82, 2.24) is 0 Å². The average Bonchev–Trinajstić information content (AvgIpc) is 3.10. The van der Waals surface area contributed by atoms with Gasteiger partial charge in [0, 0.05) is 39.5 Å². The summed E-state index contributed by atoms with van der Waals surface area (Å²) in [6, 6.07) is 0. The van der Waals surface area contributed by atoms with Gasteiger partial charge in [-0.1, -0.05) is 45.4 Å². The minimum Gasteiger partial charge on any atom is -0.465 e. The highest BCUT2D eigenvalue weighted by atomic mass is 16.5. The molecular formula is C40H72O8. The molecule has 3 aliphatic carbocycles. The van der Waals surface area contributed by atoms with E-state index >= 15 is 0 Å². The van der Waals surface area contributed by atoms with Crippen LogP contribution in [-0.4, -0.2) is 82.4 Å². The van der Waals surface area contributed by atoms with Gasteiger partial charge in [0.1, 0.15) is 5.78 Å². The molecule has 3 atom stereocenters. The summed E-state index contributed by atoms with van der Waals surface area (Å²) in [5.74, 6) is -0.376. The maximum atomic E-state index is 13.0. The van der Waals surface area contributed by atoms with Crippen LogP contribution in [0.15, 0.2) is 0 Å². The number of hydrogen-bond acceptors (Lipinski definition) is 8. The van der Waals surface area contributed by atoms with Crippen LogP contribution in [0.4, 0.5) is 0 Å². The first-order valence-corrected chi connectivity index (χ1v) is 20.2. The van der Waals surface area contributed by atoms with Crippen molar-refractivity contribution in [2.24, 2.45) is 11.8 Å². The number of Topliss-reactive ketones (excluding diaryl/α,β-unsaturated/α-hetero) is 1. The van der Waals surface area contributed by atoms with Gasteiger partial charge in [0.15, 0.2) is 0 Å². The highest BCUT2D eigenvalue weighted by Gasteiger charge is 2.38. The van der Waals surface area contributed by atoms with E-state index < -0.39 is 0 Å². The molecule has 0 heterocycles. The summed E-state index contributed by atoms with van der Waals surface area (Å²) in [7, 11) is 1.77. The Kier molecular flexibility index (Phi) is 22.3. The Morgan fingerprint density at radius 2 is 1.02 bits per heavy atom. The van der Waals surface area contributed by atoms with Crippen LogP contribution in [0.5, 0.6) is 0 Å². The predicted molar refractivity (Wildman–Crippen MR) is 190 cm³/mol. The van der Waals surface area contributed by atoms with Crippen LogP contribution in [0, 0.1) is 11.8 Å². The van der Waals surface area contributed by atoms with E-state index in [9.17, 15) is 9.59 Å². The zero-order valence-corrected chi connectivity index (χ0v) is 31.1. The van der Waals surface area contributed by atoms with E-state index in [4.69, 9.17) is 28.4 Å². The average molecular weight is 681 g/mol. The number of unbranched alkanes of at least 4 members (excludes halogenated alkanes) is 9. The largest absolute Gasteiger partial charge is 0.465 e. The third-order valence-electron chi connectivity index (χ3n) is 10.9. The monoisotopic (exact) mass is 681 g/mol. The van der Waals surface area contributed by atoms with Gasteiger partial charge >= 0.3 is 5.97 Å². The number of hydrogen-bond donors (Lipinski definition) is 0. The second-order valence-electron chi connectivity index (χ2n) is 14.9. The van der Waals surface area contributed by atoms with Gasteiger partial charge in [-0.05, 0) is 116 Å². The van der Waals surface area contributed by atoms with Crippen molar-refractivity contribution in [2.75, 3.05) is 40.1 Å². The Labute approximate surface area is 293 Å². The van der Waals surface area contributed by atoms with Crippen molar-refractivity contribution in [2.45, 2.75) is 192 Å². The number of methoxy groups -OCH3 is 1. The van der Waals surface area contributed by atoms with Gasteiger partial charge in [-0.3, -0.25) is 9.59 Å². The number of carbonyl (C=O) groups excluding carboxylic acids is 2. The van der Waals surface area contributed by atoms with Gasteiger partial charge in [0.25, 0.3) is 0 Å². The highest BCUT2D eigenvalue weighted by Crippen LogP contribution is 2.33. The normalized spacial score (nSPS) is 27.9. The molecule has 3 unspecified atom stereocenters. The Hall–Kier alpha value is -1.06. The lowest BCUT2D eigenvalue weighted by Gasteiger charge is -2.34. The molecule has 0 saturated heterocycles. The van der Waals surface area contributed by atoms with E-state index in [2.05, 4.69) is 6.92 Å². The fourth-order valence-electron chi connectivity index (χ4n) is 7.70. The fourth-order valence-corrected chi connectivity index (χ4v) is 7.70. The van der Waals surface area contributed by atoms with Crippen molar-refractivity contribution < 1.29 is 38.0 Å². The number of carbonyl (C=O) groups is 2. The van der Waals surface area contributed by atoms with Crippen LogP contribution in [-0.2, 0) is 38.0 Å². The van der Waals surface area contributed by atoms with Crippen LogP contribution in [0.1, 0.15) is 162 Å². The molecule has 3 saturated carbocycles. The molecule has 3 rings (SSSR count). The van der Waals surface area contributed by atoms with Crippen molar-refractivity contribution in [1.29, 1.82) is 0 Å². The van der Waals surface area contributed by atoms with Gasteiger partial charge in [-0.2, -0.15) is 0 Å². The molecule has 3 fully saturated rings. The summed E-state index contributed by atoms with van der Waals surface area (Å²) < 4.78 is 35.8. The van der Waals surface area contributed by atoms with Crippen LogP contribution in [0.3, 0.4) is 0 Å². The Morgan fingerprint density at radius 1 is 0.542 bits per heavy atom. The number of ether oxygens (including phenoxy) is 6. The van der Waals surface area contributed by atoms with Crippen molar-refractivity contribution in [3.63, 3.8) is 0 Å². The minimum atomic E-state index is -0.320. The first kappa shape index (κ1) is 41.4. The third kappa shape index (κ3) is 17.2. The molecule has 0 spiro atoms. The van der Waals surface area contributed by atoms with E-state index in [-0.39, 0.29) is 29.7 Å². The predicted octanol–water partition coefficient (Wildman–Crippen LogP) is 8.94. The van der Waals surface area contributed by atoms with Crippen LogP contribution >= 0.6 is 0 Å². The highest BCUT2D eigenvalue weighted by molar-refractivity contribution is 5.80. The standard InChI is InChI=1S/C40H72O8/c1-4-5-6-12-29-46-39-25-16-33(32(2)41)31-38(39)40(42)47-30-15-10-9-14-28-45-35-19-23-37(24-20-35)48-36-21-17-34(18-22-36)44-27-13-8-7-11-26-43-3/h33-39H,4-31H2,1-3H3. The van der Waals surface area contributed by atoms with E-state index in [1.807, 2.05) is 0 Å². The van der Waals surface area contributed by atoms with Gasteiger partial charge in [-0.25, -0.2) is 0 Å². The summed E-state index contributed by atoms with van der Waals surface area (Å²) in [5.41, 5.74) is 0. The number of ketones is 1. The van der Waals surface area contributed by atoms with Crippen LogP contribution in [0.25, 0.3) is 0 Å². The Balaban J connectivity index is 1.16. The lowest BCUT2D eigenvalue weighted by Crippen LogP contribution is -2.39. The summed E-state index contributed by atoms with van der Waals surface area (Å²) in [6.45, 7) is 7.53. The first-order chi connectivity index (χ1) is 23.5. The van der Waals surface area contributed by atoms with E-state index in [0.717, 1.165) is 135 Å². The molecule has 280 valence electrons. The SMILES string of the molecule is CCCCCCOC1CCC(C(C)=O)CC1C(=O)OCCCCCCOC1CCC(OC2CCC(OCCCCCCOC)CC2)CC1. The molecule has 0 aromatic rings. The maximum Gasteiger partial charge on any atom is 0.311 e. The second kappa shape index (κ2) is 25.8. The molecule has 48 heavy (non-hydrogen) atoms. The molecule has 3 aliphatic rings. The van der Waals surface area contributed by atoms with E-state index in [1.54, 1.807) is 14.0 Å². The van der Waals surface area contributed by atoms with Gasteiger partial charge in [0.2, 0.25) is 0 Å². The first-order valence-electron chi connectivity index (χ1n) is 20.2. The number of esters is 1. The third-order valence-corrected chi connectivity index (χ3v) is 10.9. The quantitative estimate of drug-likeness (QED) is 0.0661. The summed E-state index contributed by atoms with van der Waals surface area (Å²) in [6.07, 6.45) is 25.9. The second-order valence-corrected chi connectivity index (χ2v) is 14.9.